The smallest absolute Gasteiger partial charge is 0.160 e. The second kappa shape index (κ2) is 5.28. The van der Waals surface area contributed by atoms with Crippen LogP contribution in [0.1, 0.15) is 11.1 Å². The number of hydrogen-bond acceptors (Lipinski definition) is 2. The summed E-state index contributed by atoms with van der Waals surface area (Å²) in [6, 6.07) is 12.8. The number of anilines is 1. The summed E-state index contributed by atoms with van der Waals surface area (Å²) in [5, 5.41) is 11.9. The minimum atomic E-state index is -0.895. The molecule has 0 atom stereocenters. The van der Waals surface area contributed by atoms with Crippen molar-refractivity contribution < 1.29 is 8.78 Å². The maximum Gasteiger partial charge on any atom is 0.160 e. The van der Waals surface area contributed by atoms with Gasteiger partial charge in [0.15, 0.2) is 11.6 Å². The predicted octanol–water partition coefficient (Wildman–Crippen LogP) is 3.45. The Hall–Kier alpha value is -2.41. The monoisotopic (exact) mass is 244 g/mol. The van der Waals surface area contributed by atoms with Crippen LogP contribution in [-0.2, 0) is 6.54 Å². The molecule has 0 saturated heterocycles. The van der Waals surface area contributed by atoms with E-state index in [9.17, 15) is 8.78 Å². The van der Waals surface area contributed by atoms with Gasteiger partial charge >= 0.3 is 0 Å². The van der Waals surface area contributed by atoms with Crippen LogP contribution in [0.4, 0.5) is 14.5 Å². The first-order valence-corrected chi connectivity index (χ1v) is 5.37. The molecule has 2 rings (SSSR count). The van der Waals surface area contributed by atoms with Crippen LogP contribution in [0.5, 0.6) is 0 Å². The maximum atomic E-state index is 13.0. The third-order valence-electron chi connectivity index (χ3n) is 2.54. The first kappa shape index (κ1) is 12.1. The Labute approximate surface area is 103 Å². The van der Waals surface area contributed by atoms with Gasteiger partial charge < -0.3 is 5.32 Å². The molecule has 0 heterocycles. The van der Waals surface area contributed by atoms with Crippen molar-refractivity contribution in [1.29, 1.82) is 5.26 Å². The molecule has 0 bridgehead atoms. The topological polar surface area (TPSA) is 35.8 Å². The lowest BCUT2D eigenvalue weighted by Crippen LogP contribution is -2.02. The Bertz CT molecular complexity index is 603. The highest BCUT2D eigenvalue weighted by molar-refractivity contribution is 5.46. The molecular formula is C14H10F2N2. The van der Waals surface area contributed by atoms with Crippen molar-refractivity contribution in [2.24, 2.45) is 0 Å². The minimum Gasteiger partial charge on any atom is -0.381 e. The van der Waals surface area contributed by atoms with Gasteiger partial charge in [0.25, 0.3) is 0 Å². The van der Waals surface area contributed by atoms with Crippen LogP contribution in [0, 0.1) is 23.0 Å². The third-order valence-corrected chi connectivity index (χ3v) is 2.54. The fourth-order valence-corrected chi connectivity index (χ4v) is 1.59. The van der Waals surface area contributed by atoms with E-state index in [0.717, 1.165) is 17.7 Å². The Kier molecular flexibility index (Phi) is 3.54. The van der Waals surface area contributed by atoms with Crippen molar-refractivity contribution in [3.05, 3.63) is 65.2 Å². The van der Waals surface area contributed by atoms with E-state index in [1.807, 2.05) is 12.1 Å². The molecule has 0 aliphatic rings. The minimum absolute atomic E-state index is 0.384. The molecule has 0 saturated carbocycles. The molecule has 0 amide bonds. The second-order valence-electron chi connectivity index (χ2n) is 3.75. The summed E-state index contributed by atoms with van der Waals surface area (Å²) in [7, 11) is 0. The fourth-order valence-electron chi connectivity index (χ4n) is 1.59. The number of hydrogen-bond donors (Lipinski definition) is 1. The summed E-state index contributed by atoms with van der Waals surface area (Å²) in [5.41, 5.74) is 1.85. The zero-order chi connectivity index (χ0) is 13.0. The molecule has 2 nitrogen and oxygen atoms in total. The summed E-state index contributed by atoms with van der Waals surface area (Å²) < 4.78 is 25.7. The van der Waals surface area contributed by atoms with E-state index < -0.39 is 11.6 Å². The van der Waals surface area contributed by atoms with E-state index >= 15 is 0 Å². The molecule has 0 unspecified atom stereocenters. The molecule has 0 aliphatic heterocycles. The number of nitriles is 1. The summed E-state index contributed by atoms with van der Waals surface area (Å²) in [4.78, 5) is 0. The zero-order valence-corrected chi connectivity index (χ0v) is 9.45. The highest BCUT2D eigenvalue weighted by atomic mass is 19.2. The van der Waals surface area contributed by atoms with Gasteiger partial charge in [-0.15, -0.1) is 0 Å². The molecule has 2 aromatic rings. The van der Waals surface area contributed by atoms with Crippen molar-refractivity contribution in [3.63, 3.8) is 0 Å². The second-order valence-corrected chi connectivity index (χ2v) is 3.75. The Morgan fingerprint density at radius 1 is 1.06 bits per heavy atom. The summed E-state index contributed by atoms with van der Waals surface area (Å²) in [5.74, 6) is -1.77. The van der Waals surface area contributed by atoms with E-state index in [0.29, 0.717) is 17.8 Å². The lowest BCUT2D eigenvalue weighted by Gasteiger charge is -2.08. The lowest BCUT2D eigenvalue weighted by molar-refractivity contribution is 0.509. The van der Waals surface area contributed by atoms with Crippen molar-refractivity contribution in [3.8, 4) is 6.07 Å². The van der Waals surface area contributed by atoms with Gasteiger partial charge in [0.1, 0.15) is 0 Å². The van der Waals surface area contributed by atoms with Crippen molar-refractivity contribution in [2.45, 2.75) is 6.54 Å². The number of benzene rings is 2. The first-order chi connectivity index (χ1) is 8.70. The molecule has 0 aliphatic carbocycles. The maximum absolute atomic E-state index is 13.0. The third kappa shape index (κ3) is 2.64. The fraction of sp³-hybridized carbons (Fsp3) is 0.0714. The van der Waals surface area contributed by atoms with Crippen LogP contribution < -0.4 is 5.32 Å². The molecular weight excluding hydrogens is 234 g/mol. The number of halogens is 2. The molecule has 0 aromatic heterocycles. The number of nitrogens with one attached hydrogen (secondary N) is 1. The highest BCUT2D eigenvalue weighted by Crippen LogP contribution is 2.15. The van der Waals surface area contributed by atoms with Crippen LogP contribution in [-0.4, -0.2) is 0 Å². The molecule has 4 heteroatoms. The largest absolute Gasteiger partial charge is 0.381 e. The van der Waals surface area contributed by atoms with Gasteiger partial charge in [0.2, 0.25) is 0 Å². The highest BCUT2D eigenvalue weighted by Gasteiger charge is 2.04. The lowest BCUT2D eigenvalue weighted by atomic mass is 10.1. The van der Waals surface area contributed by atoms with Gasteiger partial charge in [-0.05, 0) is 23.8 Å². The zero-order valence-electron chi connectivity index (χ0n) is 9.45. The van der Waals surface area contributed by atoms with Gasteiger partial charge in [-0.25, -0.2) is 8.78 Å². The van der Waals surface area contributed by atoms with E-state index in [4.69, 9.17) is 5.26 Å². The van der Waals surface area contributed by atoms with E-state index in [1.165, 1.54) is 6.07 Å². The molecule has 0 fully saturated rings. The van der Waals surface area contributed by atoms with Crippen LogP contribution in [0.3, 0.4) is 0 Å². The normalized spacial score (nSPS) is 9.83. The quantitative estimate of drug-likeness (QED) is 0.897. The van der Waals surface area contributed by atoms with Crippen molar-refractivity contribution >= 4 is 5.69 Å². The molecule has 2 aromatic carbocycles. The molecule has 90 valence electrons. The Morgan fingerprint density at radius 2 is 1.83 bits per heavy atom. The molecule has 0 radical (unpaired) electrons. The van der Waals surface area contributed by atoms with E-state index in [1.54, 1.807) is 12.1 Å². The van der Waals surface area contributed by atoms with Crippen molar-refractivity contribution in [1.82, 2.24) is 0 Å². The van der Waals surface area contributed by atoms with Crippen LogP contribution >= 0.6 is 0 Å². The van der Waals surface area contributed by atoms with Crippen LogP contribution in [0.15, 0.2) is 42.5 Å². The van der Waals surface area contributed by atoms with Crippen molar-refractivity contribution in [2.75, 3.05) is 5.32 Å². The van der Waals surface area contributed by atoms with Gasteiger partial charge in [-0.1, -0.05) is 18.2 Å². The van der Waals surface area contributed by atoms with Gasteiger partial charge in [0, 0.05) is 18.3 Å². The SMILES string of the molecule is N#Cc1ccccc1CNc1ccc(F)c(F)c1. The Morgan fingerprint density at radius 3 is 2.56 bits per heavy atom. The summed E-state index contributed by atoms with van der Waals surface area (Å²) >= 11 is 0. The summed E-state index contributed by atoms with van der Waals surface area (Å²) in [6.45, 7) is 0.384. The van der Waals surface area contributed by atoms with Gasteiger partial charge in [0.05, 0.1) is 11.6 Å². The molecule has 18 heavy (non-hydrogen) atoms. The number of rotatable bonds is 3. The van der Waals surface area contributed by atoms with E-state index in [2.05, 4.69) is 11.4 Å². The first-order valence-electron chi connectivity index (χ1n) is 5.37. The molecule has 1 N–H and O–H groups in total. The number of nitrogens with zero attached hydrogens (tertiary/aromatic N) is 1. The van der Waals surface area contributed by atoms with Gasteiger partial charge in [-0.3, -0.25) is 0 Å². The predicted molar refractivity (Wildman–Crippen MR) is 64.8 cm³/mol. The molecule has 0 spiro atoms. The van der Waals surface area contributed by atoms with Crippen LogP contribution in [0.25, 0.3) is 0 Å². The van der Waals surface area contributed by atoms with E-state index in [-0.39, 0.29) is 0 Å². The summed E-state index contributed by atoms with van der Waals surface area (Å²) in [6.07, 6.45) is 0. The van der Waals surface area contributed by atoms with Gasteiger partial charge in [-0.2, -0.15) is 5.26 Å². The van der Waals surface area contributed by atoms with Crippen LogP contribution in [0.2, 0.25) is 0 Å². The standard InChI is InChI=1S/C14H10F2N2/c15-13-6-5-12(7-14(13)16)18-9-11-4-2-1-3-10(11)8-17/h1-7,18H,9H2. The average Bonchev–Trinajstić information content (AvgIpc) is 2.40. The average molecular weight is 244 g/mol. The Balaban J connectivity index is 2.12.